The van der Waals surface area contributed by atoms with E-state index in [1.165, 1.54) is 16.9 Å². The quantitative estimate of drug-likeness (QED) is 0.556. The average molecular weight is 352 g/mol. The summed E-state index contributed by atoms with van der Waals surface area (Å²) in [5.41, 5.74) is 6.93. The first-order valence-electron chi connectivity index (χ1n) is 5.73. The van der Waals surface area contributed by atoms with Gasteiger partial charge in [-0.25, -0.2) is 9.97 Å². The first-order valence-corrected chi connectivity index (χ1v) is 7.51. The van der Waals surface area contributed by atoms with Gasteiger partial charge in [0.05, 0.1) is 5.69 Å². The zero-order valence-corrected chi connectivity index (χ0v) is 12.6. The molecule has 6 nitrogen and oxygen atoms in total. The van der Waals surface area contributed by atoms with Crippen molar-refractivity contribution in [2.75, 3.05) is 5.73 Å². The number of hydrogen-bond acceptors (Lipinski definition) is 5. The van der Waals surface area contributed by atoms with Gasteiger partial charge < -0.3 is 5.73 Å². The number of aromatic amines is 1. The highest BCUT2D eigenvalue weighted by Gasteiger charge is 2.06. The van der Waals surface area contributed by atoms with E-state index in [1.807, 2.05) is 18.2 Å². The Morgan fingerprint density at radius 2 is 2.25 bits per heavy atom. The Kier molecular flexibility index (Phi) is 3.49. The lowest BCUT2D eigenvalue weighted by molar-refractivity contribution is 0.887. The minimum absolute atomic E-state index is 0.167. The lowest BCUT2D eigenvalue weighted by Gasteiger charge is -2.05. The van der Waals surface area contributed by atoms with Crippen molar-refractivity contribution in [1.82, 2.24) is 19.6 Å². The van der Waals surface area contributed by atoms with Crippen molar-refractivity contribution >= 4 is 39.2 Å². The van der Waals surface area contributed by atoms with Gasteiger partial charge in [-0.15, -0.1) is 11.8 Å². The zero-order valence-electron chi connectivity index (χ0n) is 10.2. The molecule has 0 spiro atoms. The number of fused-ring (bicyclic) bond motifs is 1. The van der Waals surface area contributed by atoms with Gasteiger partial charge in [0.2, 0.25) is 0 Å². The maximum absolute atomic E-state index is 11.8. The molecule has 0 aliphatic rings. The molecule has 0 aliphatic carbocycles. The van der Waals surface area contributed by atoms with Gasteiger partial charge >= 0.3 is 0 Å². The molecule has 0 saturated carbocycles. The molecule has 3 rings (SSSR count). The van der Waals surface area contributed by atoms with E-state index in [1.54, 1.807) is 11.8 Å². The van der Waals surface area contributed by atoms with Crippen LogP contribution >= 0.6 is 27.7 Å². The molecule has 0 amide bonds. The first kappa shape index (κ1) is 13.2. The van der Waals surface area contributed by atoms with Crippen LogP contribution in [0.25, 0.3) is 5.78 Å². The molecule has 2 aromatic heterocycles. The molecule has 8 heteroatoms. The number of benzene rings is 1. The molecule has 2 heterocycles. The van der Waals surface area contributed by atoms with Gasteiger partial charge in [0.25, 0.3) is 11.3 Å². The summed E-state index contributed by atoms with van der Waals surface area (Å²) in [5, 5.41) is 2.71. The maximum atomic E-state index is 11.8. The van der Waals surface area contributed by atoms with Crippen molar-refractivity contribution in [3.05, 3.63) is 51.1 Å². The number of thioether (sulfide) groups is 1. The van der Waals surface area contributed by atoms with Crippen LogP contribution in [0.15, 0.2) is 44.8 Å². The third-order valence-electron chi connectivity index (χ3n) is 2.65. The number of nitrogens with zero attached hydrogens (tertiary/aromatic N) is 3. The van der Waals surface area contributed by atoms with Gasteiger partial charge in [-0.1, -0.05) is 0 Å². The van der Waals surface area contributed by atoms with Gasteiger partial charge in [0.15, 0.2) is 0 Å². The van der Waals surface area contributed by atoms with E-state index in [4.69, 9.17) is 5.73 Å². The van der Waals surface area contributed by atoms with Gasteiger partial charge in [-0.2, -0.15) is 4.52 Å². The third kappa shape index (κ3) is 2.56. The Bertz CT molecular complexity index is 828. The van der Waals surface area contributed by atoms with Gasteiger partial charge in [-0.3, -0.25) is 9.89 Å². The minimum atomic E-state index is -0.167. The van der Waals surface area contributed by atoms with Crippen LogP contribution in [0.4, 0.5) is 5.69 Å². The molecule has 0 radical (unpaired) electrons. The Labute approximate surface area is 126 Å². The minimum Gasteiger partial charge on any atom is -0.399 e. The molecule has 0 saturated heterocycles. The monoisotopic (exact) mass is 351 g/mol. The Balaban J connectivity index is 1.84. The molecule has 0 unspecified atom stereocenters. The van der Waals surface area contributed by atoms with Gasteiger partial charge in [0, 0.05) is 26.9 Å². The van der Waals surface area contributed by atoms with Crippen LogP contribution in [0, 0.1) is 0 Å². The number of anilines is 1. The normalized spacial score (nSPS) is 11.1. The molecule has 0 aliphatic heterocycles. The summed E-state index contributed by atoms with van der Waals surface area (Å²) < 4.78 is 2.23. The van der Waals surface area contributed by atoms with Crippen LogP contribution in [0.3, 0.4) is 0 Å². The Hall–Kier alpha value is -1.80. The highest BCUT2D eigenvalue weighted by Crippen LogP contribution is 2.30. The van der Waals surface area contributed by atoms with Crippen molar-refractivity contribution in [1.29, 1.82) is 0 Å². The summed E-state index contributed by atoms with van der Waals surface area (Å²) in [4.78, 5) is 21.1. The van der Waals surface area contributed by atoms with Crippen LogP contribution < -0.4 is 11.3 Å². The van der Waals surface area contributed by atoms with Crippen molar-refractivity contribution in [3.8, 4) is 0 Å². The summed E-state index contributed by atoms with van der Waals surface area (Å²) in [5.74, 6) is 0.964. The second kappa shape index (κ2) is 5.29. The molecular formula is C12H10BrN5OS. The summed E-state index contributed by atoms with van der Waals surface area (Å²) in [6.07, 6.45) is 1.44. The summed E-state index contributed by atoms with van der Waals surface area (Å²) in [6.45, 7) is 0. The predicted octanol–water partition coefficient (Wildman–Crippen LogP) is 2.05. The van der Waals surface area contributed by atoms with Crippen molar-refractivity contribution in [2.45, 2.75) is 10.6 Å². The van der Waals surface area contributed by atoms with Crippen molar-refractivity contribution in [2.24, 2.45) is 0 Å². The molecule has 3 aromatic rings. The summed E-state index contributed by atoms with van der Waals surface area (Å²) in [6, 6.07) is 7.13. The lowest BCUT2D eigenvalue weighted by Crippen LogP contribution is -2.15. The standard InChI is InChI=1S/C12H10BrN5OS/c13-9-3-7(14)1-2-10(9)20-5-8-4-11(19)18-12(17-8)15-6-16-18/h1-4,6H,5,14H2,(H,15,16,17). The molecule has 1 aromatic carbocycles. The zero-order chi connectivity index (χ0) is 14.1. The van der Waals surface area contributed by atoms with Crippen molar-refractivity contribution < 1.29 is 0 Å². The number of rotatable bonds is 3. The highest BCUT2D eigenvalue weighted by molar-refractivity contribution is 9.10. The number of nitrogens with two attached hydrogens (primary N) is 1. The van der Waals surface area contributed by atoms with Crippen molar-refractivity contribution in [3.63, 3.8) is 0 Å². The average Bonchev–Trinajstić information content (AvgIpc) is 2.86. The van der Waals surface area contributed by atoms with E-state index in [-0.39, 0.29) is 5.56 Å². The summed E-state index contributed by atoms with van der Waals surface area (Å²) >= 11 is 5.04. The first-order chi connectivity index (χ1) is 9.63. The Morgan fingerprint density at radius 1 is 1.40 bits per heavy atom. The molecule has 102 valence electrons. The fourth-order valence-electron chi connectivity index (χ4n) is 1.73. The number of nitrogens with one attached hydrogen (secondary N) is 1. The number of aromatic nitrogens is 4. The second-order valence-corrected chi connectivity index (χ2v) is 5.96. The smallest absolute Gasteiger partial charge is 0.274 e. The molecule has 0 bridgehead atoms. The molecular weight excluding hydrogens is 342 g/mol. The maximum Gasteiger partial charge on any atom is 0.274 e. The van der Waals surface area contributed by atoms with Gasteiger partial charge in [-0.05, 0) is 34.1 Å². The largest absolute Gasteiger partial charge is 0.399 e. The second-order valence-electron chi connectivity index (χ2n) is 4.09. The van der Waals surface area contributed by atoms with E-state index in [9.17, 15) is 4.79 Å². The van der Waals surface area contributed by atoms with Crippen LogP contribution in [-0.2, 0) is 5.75 Å². The molecule has 20 heavy (non-hydrogen) atoms. The van der Waals surface area contributed by atoms with Crippen LogP contribution in [0.1, 0.15) is 5.69 Å². The fourth-order valence-corrected chi connectivity index (χ4v) is 3.28. The predicted molar refractivity (Wildman–Crippen MR) is 81.7 cm³/mol. The van der Waals surface area contributed by atoms with E-state index < -0.39 is 0 Å². The number of nitrogen functional groups attached to an aromatic ring is 1. The van der Waals surface area contributed by atoms with E-state index in [0.29, 0.717) is 22.9 Å². The SMILES string of the molecule is Nc1ccc(SCc2cc(=O)n3[nH]cnc3n2)c(Br)c1. The number of halogens is 1. The van der Waals surface area contributed by atoms with Gasteiger partial charge in [0.1, 0.15) is 6.33 Å². The molecule has 0 fully saturated rings. The van der Waals surface area contributed by atoms with E-state index in [0.717, 1.165) is 9.37 Å². The topological polar surface area (TPSA) is 89.1 Å². The van der Waals surface area contributed by atoms with Crippen LogP contribution in [0.2, 0.25) is 0 Å². The van der Waals surface area contributed by atoms with E-state index >= 15 is 0 Å². The number of hydrogen-bond donors (Lipinski definition) is 2. The summed E-state index contributed by atoms with van der Waals surface area (Å²) in [7, 11) is 0. The number of H-pyrrole nitrogens is 1. The molecule has 3 N–H and O–H groups in total. The van der Waals surface area contributed by atoms with Crippen LogP contribution in [0.5, 0.6) is 0 Å². The highest BCUT2D eigenvalue weighted by atomic mass is 79.9. The lowest BCUT2D eigenvalue weighted by atomic mass is 10.3. The van der Waals surface area contributed by atoms with E-state index in [2.05, 4.69) is 31.0 Å². The third-order valence-corrected chi connectivity index (χ3v) is 4.68. The Morgan fingerprint density at radius 3 is 3.05 bits per heavy atom. The fraction of sp³-hybridized carbons (Fsp3) is 0.0833. The van der Waals surface area contributed by atoms with Crippen LogP contribution in [-0.4, -0.2) is 19.6 Å². The molecule has 0 atom stereocenters.